The van der Waals surface area contributed by atoms with Crippen LogP contribution in [0.1, 0.15) is 39.0 Å². The van der Waals surface area contributed by atoms with Gasteiger partial charge in [-0.15, -0.1) is 11.3 Å². The van der Waals surface area contributed by atoms with Crippen LogP contribution in [0.3, 0.4) is 0 Å². The third-order valence-electron chi connectivity index (χ3n) is 6.15. The number of aromatic nitrogens is 1. The van der Waals surface area contributed by atoms with Crippen molar-refractivity contribution >= 4 is 39.9 Å². The summed E-state index contributed by atoms with van der Waals surface area (Å²) in [5, 5.41) is 13.6. The van der Waals surface area contributed by atoms with Crippen molar-refractivity contribution in [2.75, 3.05) is 11.4 Å². The van der Waals surface area contributed by atoms with Gasteiger partial charge in [0.2, 0.25) is 0 Å². The molecule has 1 aromatic heterocycles. The third-order valence-corrected chi connectivity index (χ3v) is 7.38. The lowest BCUT2D eigenvalue weighted by atomic mass is 10.0. The molecule has 1 heterocycles. The SMILES string of the molecule is O=C(O)CCNC(=O)c1ccc(CN(Cc2cc(C(F)(F)F)cc(C(F)(F)F)c2)c2nc(-c3ccccc3Cl)cs2)cc1. The molecule has 4 aromatic rings. The summed E-state index contributed by atoms with van der Waals surface area (Å²) in [7, 11) is 0. The fourth-order valence-electron chi connectivity index (χ4n) is 4.09. The van der Waals surface area contributed by atoms with Gasteiger partial charge in [0.1, 0.15) is 0 Å². The number of alkyl halides is 6. The van der Waals surface area contributed by atoms with Crippen molar-refractivity contribution in [2.24, 2.45) is 0 Å². The molecule has 2 N–H and O–H groups in total. The molecular formula is C29H22ClF6N3O3S. The van der Waals surface area contributed by atoms with Crippen molar-refractivity contribution in [2.45, 2.75) is 31.9 Å². The van der Waals surface area contributed by atoms with Gasteiger partial charge < -0.3 is 15.3 Å². The van der Waals surface area contributed by atoms with Crippen LogP contribution in [-0.4, -0.2) is 28.5 Å². The molecule has 0 spiro atoms. The van der Waals surface area contributed by atoms with Gasteiger partial charge in [0.25, 0.3) is 5.91 Å². The van der Waals surface area contributed by atoms with Gasteiger partial charge in [-0.2, -0.15) is 26.3 Å². The van der Waals surface area contributed by atoms with E-state index in [0.717, 1.165) is 11.3 Å². The van der Waals surface area contributed by atoms with Crippen molar-refractivity contribution in [1.29, 1.82) is 0 Å². The highest BCUT2D eigenvalue weighted by Crippen LogP contribution is 2.38. The van der Waals surface area contributed by atoms with Gasteiger partial charge in [-0.1, -0.05) is 41.9 Å². The van der Waals surface area contributed by atoms with E-state index in [2.05, 4.69) is 10.3 Å². The molecule has 43 heavy (non-hydrogen) atoms. The summed E-state index contributed by atoms with van der Waals surface area (Å²) in [4.78, 5) is 29.1. The number of nitrogens with one attached hydrogen (secondary N) is 1. The van der Waals surface area contributed by atoms with Crippen LogP contribution in [0, 0.1) is 0 Å². The Labute approximate surface area is 250 Å². The predicted octanol–water partition coefficient (Wildman–Crippen LogP) is 7.91. The normalized spacial score (nSPS) is 11.8. The molecule has 0 bridgehead atoms. The summed E-state index contributed by atoms with van der Waals surface area (Å²) in [6.45, 7) is -0.397. The number of carboxylic acid groups (broad SMARTS) is 1. The monoisotopic (exact) mass is 641 g/mol. The maximum absolute atomic E-state index is 13.5. The Balaban J connectivity index is 1.67. The Morgan fingerprint density at radius 3 is 2.07 bits per heavy atom. The smallest absolute Gasteiger partial charge is 0.416 e. The van der Waals surface area contributed by atoms with Crippen molar-refractivity contribution in [3.05, 3.63) is 105 Å². The van der Waals surface area contributed by atoms with Crippen molar-refractivity contribution in [3.63, 3.8) is 0 Å². The van der Waals surface area contributed by atoms with E-state index < -0.39 is 35.4 Å². The molecule has 3 aromatic carbocycles. The molecule has 6 nitrogen and oxygen atoms in total. The Morgan fingerprint density at radius 1 is 0.884 bits per heavy atom. The molecule has 14 heteroatoms. The van der Waals surface area contributed by atoms with Crippen LogP contribution >= 0.6 is 22.9 Å². The van der Waals surface area contributed by atoms with Crippen molar-refractivity contribution < 1.29 is 41.0 Å². The minimum atomic E-state index is -5.00. The number of halogens is 7. The van der Waals surface area contributed by atoms with E-state index in [9.17, 15) is 35.9 Å². The lowest BCUT2D eigenvalue weighted by molar-refractivity contribution is -0.143. The number of rotatable bonds is 10. The fraction of sp³-hybridized carbons (Fsp3) is 0.207. The first-order valence-electron chi connectivity index (χ1n) is 12.5. The summed E-state index contributed by atoms with van der Waals surface area (Å²) in [6, 6.07) is 14.4. The molecule has 0 aliphatic rings. The molecule has 0 radical (unpaired) electrons. The zero-order valence-corrected chi connectivity index (χ0v) is 23.5. The molecule has 0 aliphatic heterocycles. The summed E-state index contributed by atoms with van der Waals surface area (Å²) >= 11 is 7.43. The molecule has 226 valence electrons. The van der Waals surface area contributed by atoms with Gasteiger partial charge in [0.05, 0.1) is 23.2 Å². The molecule has 0 saturated heterocycles. The van der Waals surface area contributed by atoms with E-state index >= 15 is 0 Å². The van der Waals surface area contributed by atoms with Crippen LogP contribution in [0.15, 0.2) is 72.1 Å². The van der Waals surface area contributed by atoms with Crippen molar-refractivity contribution in [1.82, 2.24) is 10.3 Å². The highest BCUT2D eigenvalue weighted by Gasteiger charge is 2.37. The number of amides is 1. The lowest BCUT2D eigenvalue weighted by Crippen LogP contribution is -2.26. The summed E-state index contributed by atoms with van der Waals surface area (Å²) in [5.74, 6) is -1.57. The maximum Gasteiger partial charge on any atom is 0.416 e. The second-order valence-corrected chi connectivity index (χ2v) is 10.6. The Hall–Kier alpha value is -4.10. The van der Waals surface area contributed by atoms with E-state index in [-0.39, 0.29) is 43.2 Å². The average Bonchev–Trinajstić information content (AvgIpc) is 3.42. The number of carboxylic acids is 1. The van der Waals surface area contributed by atoms with Crippen LogP contribution in [0.2, 0.25) is 5.02 Å². The topological polar surface area (TPSA) is 82.5 Å². The largest absolute Gasteiger partial charge is 0.481 e. The predicted molar refractivity (Wildman–Crippen MR) is 150 cm³/mol. The summed E-state index contributed by atoms with van der Waals surface area (Å²) in [5.41, 5.74) is -1.18. The maximum atomic E-state index is 13.5. The van der Waals surface area contributed by atoms with E-state index in [1.165, 1.54) is 17.0 Å². The summed E-state index contributed by atoms with van der Waals surface area (Å²) < 4.78 is 81.2. The van der Waals surface area contributed by atoms with Crippen LogP contribution in [0.5, 0.6) is 0 Å². The lowest BCUT2D eigenvalue weighted by Gasteiger charge is -2.24. The van der Waals surface area contributed by atoms with Gasteiger partial charge >= 0.3 is 18.3 Å². The van der Waals surface area contributed by atoms with Crippen LogP contribution < -0.4 is 10.2 Å². The Bertz CT molecular complexity index is 1570. The van der Waals surface area contributed by atoms with Gasteiger partial charge in [-0.25, -0.2) is 4.98 Å². The molecule has 4 rings (SSSR count). The van der Waals surface area contributed by atoms with Gasteiger partial charge in [0, 0.05) is 41.2 Å². The first kappa shape index (κ1) is 31.8. The first-order valence-corrected chi connectivity index (χ1v) is 13.8. The van der Waals surface area contributed by atoms with Gasteiger partial charge in [-0.3, -0.25) is 9.59 Å². The number of aliphatic carboxylic acids is 1. The second kappa shape index (κ2) is 13.0. The second-order valence-electron chi connectivity index (χ2n) is 9.36. The minimum Gasteiger partial charge on any atom is -0.481 e. The van der Waals surface area contributed by atoms with Crippen molar-refractivity contribution in [3.8, 4) is 11.3 Å². The van der Waals surface area contributed by atoms with Gasteiger partial charge in [-0.05, 0) is 47.5 Å². The van der Waals surface area contributed by atoms with Crippen LogP contribution in [-0.2, 0) is 30.2 Å². The summed E-state index contributed by atoms with van der Waals surface area (Å²) in [6.07, 6.45) is -10.3. The number of hydrogen-bond donors (Lipinski definition) is 2. The number of hydrogen-bond acceptors (Lipinski definition) is 5. The Morgan fingerprint density at radius 2 is 1.49 bits per heavy atom. The van der Waals surface area contributed by atoms with E-state index in [1.54, 1.807) is 41.8 Å². The first-order chi connectivity index (χ1) is 20.2. The van der Waals surface area contributed by atoms with Crippen LogP contribution in [0.25, 0.3) is 11.3 Å². The number of carbonyl (C=O) groups excluding carboxylic acids is 1. The minimum absolute atomic E-state index is 0.0218. The molecular weight excluding hydrogens is 620 g/mol. The van der Waals surface area contributed by atoms with E-state index in [1.807, 2.05) is 0 Å². The molecule has 0 unspecified atom stereocenters. The van der Waals surface area contributed by atoms with E-state index in [4.69, 9.17) is 16.7 Å². The number of nitrogens with zero attached hydrogens (tertiary/aromatic N) is 2. The van der Waals surface area contributed by atoms with Crippen LogP contribution in [0.4, 0.5) is 31.5 Å². The Kier molecular flexibility index (Phi) is 9.65. The average molecular weight is 642 g/mol. The highest BCUT2D eigenvalue weighted by molar-refractivity contribution is 7.14. The molecule has 0 fully saturated rings. The quantitative estimate of drug-likeness (QED) is 0.172. The third kappa shape index (κ3) is 8.48. The zero-order chi connectivity index (χ0) is 31.4. The fourth-order valence-corrected chi connectivity index (χ4v) is 5.15. The number of benzene rings is 3. The zero-order valence-electron chi connectivity index (χ0n) is 22.0. The number of thiazole rings is 1. The van der Waals surface area contributed by atoms with Gasteiger partial charge in [0.15, 0.2) is 5.13 Å². The molecule has 0 aliphatic carbocycles. The standard InChI is InChI=1S/C29H22ClF6N3O3S/c30-23-4-2-1-3-22(23)24-16-43-27(38-24)39(14-17-5-7-19(8-6-17)26(42)37-10-9-25(40)41)15-18-11-20(28(31,32)33)13-21(12-18)29(34,35)36/h1-8,11-13,16H,9-10,14-15H2,(H,37,42)(H,40,41). The molecule has 1 amide bonds. The molecule has 0 saturated carbocycles. The number of anilines is 1. The highest BCUT2D eigenvalue weighted by atomic mass is 35.5. The number of carbonyl (C=O) groups is 2. The molecule has 0 atom stereocenters. The van der Waals surface area contributed by atoms with E-state index in [0.29, 0.717) is 39.1 Å².